The number of nitro benzene ring substituents is 1. The molecule has 0 aliphatic heterocycles. The van der Waals surface area contributed by atoms with Gasteiger partial charge in [0.15, 0.2) is 5.15 Å². The first-order valence-electron chi connectivity index (χ1n) is 5.33. The van der Waals surface area contributed by atoms with E-state index >= 15 is 0 Å². The third kappa shape index (κ3) is 2.59. The van der Waals surface area contributed by atoms with Crippen LogP contribution in [0.1, 0.15) is 5.56 Å². The molecule has 0 radical (unpaired) electrons. The molecule has 2 N–H and O–H groups in total. The largest absolute Gasteiger partial charge is 0.392 e. The van der Waals surface area contributed by atoms with Crippen molar-refractivity contribution in [2.24, 2.45) is 0 Å². The Morgan fingerprint density at radius 3 is 2.85 bits per heavy atom. The van der Waals surface area contributed by atoms with Crippen LogP contribution in [0.2, 0.25) is 5.15 Å². The first kappa shape index (κ1) is 13.9. The highest BCUT2D eigenvalue weighted by molar-refractivity contribution is 6.31. The van der Waals surface area contributed by atoms with Crippen LogP contribution in [0.5, 0.6) is 0 Å². The Morgan fingerprint density at radius 1 is 1.50 bits per heavy atom. The molecule has 0 atom stereocenters. The van der Waals surface area contributed by atoms with Gasteiger partial charge >= 0.3 is 0 Å². The molecule has 9 heteroatoms. The summed E-state index contributed by atoms with van der Waals surface area (Å²) in [5, 5.41) is 10.7. The molecule has 0 spiro atoms. The van der Waals surface area contributed by atoms with Crippen LogP contribution < -0.4 is 11.3 Å². The van der Waals surface area contributed by atoms with Crippen LogP contribution in [0.15, 0.2) is 29.3 Å². The molecule has 0 unspecified atom stereocenters. The number of nitrogen functional groups attached to an aromatic ring is 1. The number of rotatable bonds is 3. The number of benzene rings is 1. The highest BCUT2D eigenvalue weighted by Crippen LogP contribution is 2.20. The van der Waals surface area contributed by atoms with Crippen molar-refractivity contribution in [1.29, 1.82) is 0 Å². The molecule has 0 saturated heterocycles. The third-order valence-corrected chi connectivity index (χ3v) is 2.90. The van der Waals surface area contributed by atoms with Gasteiger partial charge in [-0.15, -0.1) is 0 Å². The molecule has 0 aliphatic carbocycles. The number of anilines is 1. The number of hydrogen-bond donors (Lipinski definition) is 1. The SMILES string of the molecule is Nc1c(Cl)ncn(Cc2cc(F)ccc2[N+](=O)[O-])c1=O. The lowest BCUT2D eigenvalue weighted by Crippen LogP contribution is -2.24. The highest BCUT2D eigenvalue weighted by Gasteiger charge is 2.16. The van der Waals surface area contributed by atoms with E-state index in [0.717, 1.165) is 29.1 Å². The molecule has 104 valence electrons. The zero-order valence-electron chi connectivity index (χ0n) is 9.92. The Bertz CT molecular complexity index is 747. The van der Waals surface area contributed by atoms with Gasteiger partial charge in [0.1, 0.15) is 11.5 Å². The van der Waals surface area contributed by atoms with Gasteiger partial charge in [-0.05, 0) is 12.1 Å². The fourth-order valence-corrected chi connectivity index (χ4v) is 1.76. The molecular weight excluding hydrogens is 291 g/mol. The van der Waals surface area contributed by atoms with Crippen LogP contribution >= 0.6 is 11.6 Å². The van der Waals surface area contributed by atoms with Crippen LogP contribution in [0.4, 0.5) is 15.8 Å². The normalized spacial score (nSPS) is 10.5. The summed E-state index contributed by atoms with van der Waals surface area (Å²) in [7, 11) is 0. The Morgan fingerprint density at radius 2 is 2.20 bits per heavy atom. The lowest BCUT2D eigenvalue weighted by molar-refractivity contribution is -0.385. The van der Waals surface area contributed by atoms with Crippen molar-refractivity contribution in [1.82, 2.24) is 9.55 Å². The second kappa shape index (κ2) is 5.25. The van der Waals surface area contributed by atoms with E-state index < -0.39 is 16.3 Å². The zero-order chi connectivity index (χ0) is 14.9. The van der Waals surface area contributed by atoms with Crippen molar-refractivity contribution in [2.75, 3.05) is 5.73 Å². The molecule has 0 fully saturated rings. The fraction of sp³-hybridized carbons (Fsp3) is 0.0909. The molecule has 2 rings (SSSR count). The van der Waals surface area contributed by atoms with Crippen molar-refractivity contribution in [2.45, 2.75) is 6.54 Å². The monoisotopic (exact) mass is 298 g/mol. The average Bonchev–Trinajstić information content (AvgIpc) is 2.39. The van der Waals surface area contributed by atoms with Gasteiger partial charge in [-0.2, -0.15) is 0 Å². The van der Waals surface area contributed by atoms with Crippen LogP contribution in [-0.2, 0) is 6.54 Å². The van der Waals surface area contributed by atoms with E-state index in [1.165, 1.54) is 0 Å². The Labute approximate surface area is 116 Å². The maximum absolute atomic E-state index is 13.2. The summed E-state index contributed by atoms with van der Waals surface area (Å²) >= 11 is 5.58. The van der Waals surface area contributed by atoms with Crippen molar-refractivity contribution in [3.63, 3.8) is 0 Å². The Balaban J connectivity index is 2.50. The Hall–Kier alpha value is -2.48. The van der Waals surface area contributed by atoms with Gasteiger partial charge < -0.3 is 5.73 Å². The van der Waals surface area contributed by atoms with E-state index in [1.807, 2.05) is 0 Å². The molecule has 0 amide bonds. The van der Waals surface area contributed by atoms with Gasteiger partial charge in [0.2, 0.25) is 0 Å². The summed E-state index contributed by atoms with van der Waals surface area (Å²) in [6, 6.07) is 2.98. The third-order valence-electron chi connectivity index (χ3n) is 2.60. The molecule has 1 aromatic carbocycles. The van der Waals surface area contributed by atoms with Crippen LogP contribution in [0.3, 0.4) is 0 Å². The van der Waals surface area contributed by atoms with Gasteiger partial charge in [0.25, 0.3) is 11.2 Å². The molecule has 0 bridgehead atoms. The van der Waals surface area contributed by atoms with E-state index in [0.29, 0.717) is 0 Å². The molecular formula is C11H8ClFN4O3. The molecule has 20 heavy (non-hydrogen) atoms. The van der Waals surface area contributed by atoms with Gasteiger partial charge in [0, 0.05) is 6.07 Å². The smallest absolute Gasteiger partial charge is 0.278 e. The maximum atomic E-state index is 13.2. The van der Waals surface area contributed by atoms with Gasteiger partial charge in [-0.1, -0.05) is 11.6 Å². The molecule has 0 saturated carbocycles. The topological polar surface area (TPSA) is 104 Å². The first-order chi connectivity index (χ1) is 9.40. The first-order valence-corrected chi connectivity index (χ1v) is 5.71. The summed E-state index contributed by atoms with van der Waals surface area (Å²) in [5.41, 5.74) is 4.24. The predicted molar refractivity (Wildman–Crippen MR) is 70.1 cm³/mol. The summed E-state index contributed by atoms with van der Waals surface area (Å²) in [6.07, 6.45) is 1.09. The van der Waals surface area contributed by atoms with E-state index in [1.54, 1.807) is 0 Å². The van der Waals surface area contributed by atoms with Crippen molar-refractivity contribution in [3.8, 4) is 0 Å². The Kier molecular flexibility index (Phi) is 3.66. The quantitative estimate of drug-likeness (QED) is 0.526. The highest BCUT2D eigenvalue weighted by atomic mass is 35.5. The standard InChI is InChI=1S/C11H8ClFN4O3/c12-10-9(14)11(18)16(5-15-10)4-6-3-7(13)1-2-8(6)17(19)20/h1-3,5H,4,14H2. The number of halogens is 2. The maximum Gasteiger partial charge on any atom is 0.278 e. The van der Waals surface area contributed by atoms with Gasteiger partial charge in [0.05, 0.1) is 23.4 Å². The average molecular weight is 299 g/mol. The minimum atomic E-state index is -0.660. The summed E-state index contributed by atoms with van der Waals surface area (Å²) in [5.74, 6) is -0.645. The lowest BCUT2D eigenvalue weighted by Gasteiger charge is -2.07. The van der Waals surface area contributed by atoms with E-state index in [-0.39, 0.29) is 28.6 Å². The van der Waals surface area contributed by atoms with Gasteiger partial charge in [-0.25, -0.2) is 9.37 Å². The van der Waals surface area contributed by atoms with Crippen molar-refractivity contribution in [3.05, 3.63) is 61.5 Å². The second-order valence-electron chi connectivity index (χ2n) is 3.91. The number of nitrogens with two attached hydrogens (primary N) is 1. The minimum Gasteiger partial charge on any atom is -0.392 e. The fourth-order valence-electron chi connectivity index (χ4n) is 1.64. The summed E-state index contributed by atoms with van der Waals surface area (Å²) in [6.45, 7) is -0.235. The molecule has 1 aromatic heterocycles. The van der Waals surface area contributed by atoms with E-state index in [2.05, 4.69) is 4.98 Å². The molecule has 0 aliphatic rings. The number of aromatic nitrogens is 2. The number of nitro groups is 1. The number of nitrogens with zero attached hydrogens (tertiary/aromatic N) is 3. The number of hydrogen-bond acceptors (Lipinski definition) is 5. The van der Waals surface area contributed by atoms with Crippen LogP contribution in [0.25, 0.3) is 0 Å². The summed E-state index contributed by atoms with van der Waals surface area (Å²) in [4.78, 5) is 25.7. The minimum absolute atomic E-state index is 0.0284. The van der Waals surface area contributed by atoms with E-state index in [4.69, 9.17) is 17.3 Å². The van der Waals surface area contributed by atoms with Crippen molar-refractivity contribution < 1.29 is 9.31 Å². The van der Waals surface area contributed by atoms with Crippen LogP contribution in [0, 0.1) is 15.9 Å². The molecule has 2 aromatic rings. The summed E-state index contributed by atoms with van der Waals surface area (Å²) < 4.78 is 14.2. The van der Waals surface area contributed by atoms with Crippen molar-refractivity contribution >= 4 is 23.0 Å². The predicted octanol–water partition coefficient (Wildman–Crippen LogP) is 1.57. The second-order valence-corrected chi connectivity index (χ2v) is 4.27. The zero-order valence-corrected chi connectivity index (χ0v) is 10.7. The van der Waals surface area contributed by atoms with E-state index in [9.17, 15) is 19.3 Å². The van der Waals surface area contributed by atoms with Crippen LogP contribution in [-0.4, -0.2) is 14.5 Å². The molecule has 7 nitrogen and oxygen atoms in total. The van der Waals surface area contributed by atoms with Gasteiger partial charge in [-0.3, -0.25) is 19.5 Å². The lowest BCUT2D eigenvalue weighted by atomic mass is 10.1. The molecule has 1 heterocycles.